The van der Waals surface area contributed by atoms with Crippen molar-refractivity contribution in [2.24, 2.45) is 5.92 Å². The first kappa shape index (κ1) is 17.4. The van der Waals surface area contributed by atoms with E-state index in [1.807, 2.05) is 6.92 Å². The summed E-state index contributed by atoms with van der Waals surface area (Å²) in [5, 5.41) is 8.93. The molecule has 20 heavy (non-hydrogen) atoms. The molecular weight excluding hydrogens is 344 g/mol. The van der Waals surface area contributed by atoms with E-state index < -0.39 is 10.0 Å². The van der Waals surface area contributed by atoms with Gasteiger partial charge in [-0.1, -0.05) is 13.3 Å². The second kappa shape index (κ2) is 7.40. The van der Waals surface area contributed by atoms with E-state index in [-0.39, 0.29) is 17.4 Å². The molecule has 7 heteroatoms. The van der Waals surface area contributed by atoms with Crippen molar-refractivity contribution in [2.75, 3.05) is 18.9 Å². The highest BCUT2D eigenvalue weighted by Gasteiger charge is 2.19. The number of aliphatic hydroxyl groups excluding tert-OH is 1. The summed E-state index contributed by atoms with van der Waals surface area (Å²) in [6.07, 6.45) is 1.39. The molecule has 0 aliphatic carbocycles. The van der Waals surface area contributed by atoms with E-state index in [0.29, 0.717) is 28.7 Å². The molecule has 0 radical (unpaired) electrons. The van der Waals surface area contributed by atoms with Crippen molar-refractivity contribution >= 4 is 31.6 Å². The lowest BCUT2D eigenvalue weighted by Gasteiger charge is -2.16. The Bertz CT molecular complexity index is 561. The lowest BCUT2D eigenvalue weighted by Crippen LogP contribution is -2.30. The quantitative estimate of drug-likeness (QED) is 0.645. The zero-order valence-electron chi connectivity index (χ0n) is 11.7. The van der Waals surface area contributed by atoms with Gasteiger partial charge in [0.25, 0.3) is 0 Å². The maximum absolute atomic E-state index is 12.3. The molecule has 0 aliphatic heterocycles. The van der Waals surface area contributed by atoms with Crippen molar-refractivity contribution < 1.29 is 13.5 Å². The van der Waals surface area contributed by atoms with Crippen molar-refractivity contribution in [1.29, 1.82) is 0 Å². The number of aryl methyl sites for hydroxylation is 1. The van der Waals surface area contributed by atoms with Crippen LogP contribution in [0, 0.1) is 12.8 Å². The van der Waals surface area contributed by atoms with Crippen LogP contribution in [0.4, 0.5) is 5.69 Å². The number of aliphatic hydroxyl groups is 1. The summed E-state index contributed by atoms with van der Waals surface area (Å²) >= 11 is 3.27. The monoisotopic (exact) mass is 364 g/mol. The summed E-state index contributed by atoms with van der Waals surface area (Å²) in [6, 6.07) is 3.14. The van der Waals surface area contributed by atoms with Gasteiger partial charge in [-0.2, -0.15) is 0 Å². The third-order valence-electron chi connectivity index (χ3n) is 3.26. The Labute approximate surface area is 128 Å². The first-order chi connectivity index (χ1) is 9.31. The van der Waals surface area contributed by atoms with Gasteiger partial charge in [0.1, 0.15) is 0 Å². The van der Waals surface area contributed by atoms with Gasteiger partial charge in [-0.05, 0) is 52.9 Å². The van der Waals surface area contributed by atoms with Gasteiger partial charge in [0.2, 0.25) is 10.0 Å². The fraction of sp³-hybridized carbons (Fsp3) is 0.538. The van der Waals surface area contributed by atoms with Crippen LogP contribution in [0.1, 0.15) is 25.3 Å². The molecule has 0 heterocycles. The molecule has 1 atom stereocenters. The van der Waals surface area contributed by atoms with Crippen LogP contribution in [0.5, 0.6) is 0 Å². The predicted octanol–water partition coefficient (Wildman–Crippen LogP) is 2.03. The van der Waals surface area contributed by atoms with Gasteiger partial charge in [0.05, 0.1) is 4.90 Å². The molecule has 114 valence electrons. The Balaban J connectivity index is 2.92. The molecule has 0 saturated heterocycles. The Morgan fingerprint density at radius 3 is 2.65 bits per heavy atom. The minimum Gasteiger partial charge on any atom is -0.398 e. The highest BCUT2D eigenvalue weighted by molar-refractivity contribution is 9.10. The highest BCUT2D eigenvalue weighted by Crippen LogP contribution is 2.26. The van der Waals surface area contributed by atoms with Crippen LogP contribution < -0.4 is 10.5 Å². The summed E-state index contributed by atoms with van der Waals surface area (Å²) in [5.41, 5.74) is 6.76. The fourth-order valence-corrected chi connectivity index (χ4v) is 3.73. The second-order valence-corrected chi connectivity index (χ2v) is 7.37. The van der Waals surface area contributed by atoms with Crippen LogP contribution in [0.3, 0.4) is 0 Å². The number of nitrogens with two attached hydrogens (primary N) is 1. The highest BCUT2D eigenvalue weighted by atomic mass is 79.9. The van der Waals surface area contributed by atoms with E-state index in [1.165, 1.54) is 6.07 Å². The summed E-state index contributed by atoms with van der Waals surface area (Å²) in [7, 11) is -3.59. The number of rotatable bonds is 7. The number of halogens is 1. The van der Waals surface area contributed by atoms with E-state index in [0.717, 1.165) is 6.42 Å². The predicted molar refractivity (Wildman–Crippen MR) is 84.0 cm³/mol. The average Bonchev–Trinajstić information content (AvgIpc) is 2.38. The molecule has 0 amide bonds. The summed E-state index contributed by atoms with van der Waals surface area (Å²) in [4.78, 5) is 0.192. The maximum atomic E-state index is 12.3. The number of benzene rings is 1. The van der Waals surface area contributed by atoms with Crippen LogP contribution in [-0.2, 0) is 10.0 Å². The summed E-state index contributed by atoms with van der Waals surface area (Å²) in [5.74, 6) is 0.128. The number of nitrogen functional groups attached to an aromatic ring is 1. The number of anilines is 1. The first-order valence-corrected chi connectivity index (χ1v) is 8.75. The van der Waals surface area contributed by atoms with Gasteiger partial charge in [-0.25, -0.2) is 13.1 Å². The van der Waals surface area contributed by atoms with E-state index in [9.17, 15) is 8.42 Å². The average molecular weight is 365 g/mol. The molecule has 4 N–H and O–H groups in total. The molecule has 0 saturated carbocycles. The Hall–Kier alpha value is -0.630. The van der Waals surface area contributed by atoms with E-state index in [4.69, 9.17) is 10.8 Å². The lowest BCUT2D eigenvalue weighted by molar-refractivity contribution is 0.254. The van der Waals surface area contributed by atoms with Crippen molar-refractivity contribution in [3.8, 4) is 0 Å². The number of nitrogens with one attached hydrogen (secondary N) is 1. The van der Waals surface area contributed by atoms with Crippen LogP contribution in [-0.4, -0.2) is 26.7 Å². The van der Waals surface area contributed by atoms with E-state index in [1.54, 1.807) is 13.0 Å². The SMILES string of the molecule is CCC(CCO)CNS(=O)(=O)c1cc(N)c(Br)cc1C. The van der Waals surface area contributed by atoms with Crippen LogP contribution in [0.15, 0.2) is 21.5 Å². The van der Waals surface area contributed by atoms with Gasteiger partial charge in [-0.15, -0.1) is 0 Å². The number of sulfonamides is 1. The van der Waals surface area contributed by atoms with Crippen LogP contribution in [0.25, 0.3) is 0 Å². The third kappa shape index (κ3) is 4.44. The Morgan fingerprint density at radius 1 is 1.45 bits per heavy atom. The van der Waals surface area contributed by atoms with Crippen LogP contribution >= 0.6 is 15.9 Å². The molecule has 1 aromatic carbocycles. The third-order valence-corrected chi connectivity index (χ3v) is 5.51. The topological polar surface area (TPSA) is 92.4 Å². The molecule has 0 fully saturated rings. The van der Waals surface area contributed by atoms with Crippen molar-refractivity contribution in [3.05, 3.63) is 22.2 Å². The standard InChI is InChI=1S/C13H21BrN2O3S/c1-3-10(4-5-17)8-16-20(18,19)13-7-12(15)11(14)6-9(13)2/h6-7,10,16-17H,3-5,8,15H2,1-2H3. The molecule has 5 nitrogen and oxygen atoms in total. The Kier molecular flexibility index (Phi) is 6.44. The van der Waals surface area contributed by atoms with Crippen LogP contribution in [0.2, 0.25) is 0 Å². The zero-order chi connectivity index (χ0) is 15.3. The maximum Gasteiger partial charge on any atom is 0.240 e. The van der Waals surface area contributed by atoms with Crippen molar-refractivity contribution in [3.63, 3.8) is 0 Å². The fourth-order valence-electron chi connectivity index (χ4n) is 1.90. The van der Waals surface area contributed by atoms with Gasteiger partial charge >= 0.3 is 0 Å². The molecule has 1 rings (SSSR count). The van der Waals surface area contributed by atoms with Gasteiger partial charge in [0, 0.05) is 23.3 Å². The first-order valence-electron chi connectivity index (χ1n) is 6.48. The summed E-state index contributed by atoms with van der Waals surface area (Å²) < 4.78 is 27.9. The molecule has 0 bridgehead atoms. The zero-order valence-corrected chi connectivity index (χ0v) is 14.1. The van der Waals surface area contributed by atoms with E-state index in [2.05, 4.69) is 20.7 Å². The van der Waals surface area contributed by atoms with Crippen molar-refractivity contribution in [2.45, 2.75) is 31.6 Å². The largest absolute Gasteiger partial charge is 0.398 e. The normalized spacial score (nSPS) is 13.4. The Morgan fingerprint density at radius 2 is 2.10 bits per heavy atom. The second-order valence-electron chi connectivity index (χ2n) is 4.78. The minimum atomic E-state index is -3.59. The molecule has 1 unspecified atom stereocenters. The van der Waals surface area contributed by atoms with Gasteiger partial charge in [-0.3, -0.25) is 0 Å². The molecule has 1 aromatic rings. The summed E-state index contributed by atoms with van der Waals surface area (Å²) in [6.45, 7) is 4.07. The van der Waals surface area contributed by atoms with E-state index >= 15 is 0 Å². The molecule has 0 aromatic heterocycles. The minimum absolute atomic E-state index is 0.0600. The molecule has 0 spiro atoms. The van der Waals surface area contributed by atoms with Crippen molar-refractivity contribution in [1.82, 2.24) is 4.72 Å². The number of hydrogen-bond donors (Lipinski definition) is 3. The number of hydrogen-bond acceptors (Lipinski definition) is 4. The molecule has 0 aliphatic rings. The smallest absolute Gasteiger partial charge is 0.240 e. The molecular formula is C13H21BrN2O3S. The van der Waals surface area contributed by atoms with Gasteiger partial charge < -0.3 is 10.8 Å². The van der Waals surface area contributed by atoms with Gasteiger partial charge in [0.15, 0.2) is 0 Å². The lowest BCUT2D eigenvalue weighted by atomic mass is 10.0.